The first-order valence-electron chi connectivity index (χ1n) is 6.47. The summed E-state index contributed by atoms with van der Waals surface area (Å²) in [5.41, 5.74) is 3.58. The molecule has 0 unspecified atom stereocenters. The number of carbonyl (C=O) groups excluding carboxylic acids is 1. The van der Waals surface area contributed by atoms with Gasteiger partial charge in [0.2, 0.25) is 5.78 Å². The second-order valence-corrected chi connectivity index (χ2v) is 5.78. The van der Waals surface area contributed by atoms with Crippen molar-refractivity contribution >= 4 is 27.2 Å². The smallest absolute Gasteiger partial charge is 0.200 e. The molecule has 0 aliphatic carbocycles. The minimum atomic E-state index is -0.243. The third kappa shape index (κ3) is 2.14. The van der Waals surface area contributed by atoms with Gasteiger partial charge in [-0.1, -0.05) is 12.1 Å². The van der Waals surface area contributed by atoms with Gasteiger partial charge in [0, 0.05) is 5.69 Å². The van der Waals surface area contributed by atoms with Crippen molar-refractivity contribution in [3.05, 3.63) is 63.4 Å². The fourth-order valence-electron chi connectivity index (χ4n) is 2.30. The van der Waals surface area contributed by atoms with Crippen LogP contribution in [0, 0.1) is 13.8 Å². The predicted molar refractivity (Wildman–Crippen MR) is 83.9 cm³/mol. The summed E-state index contributed by atoms with van der Waals surface area (Å²) >= 11 is 3.23. The Morgan fingerprint density at radius 2 is 1.95 bits per heavy atom. The molecule has 0 radical (unpaired) electrons. The number of hydrogen-bond donors (Lipinski definition) is 1. The first-order valence-corrected chi connectivity index (χ1v) is 7.26. The fourth-order valence-corrected chi connectivity index (χ4v) is 2.66. The summed E-state index contributed by atoms with van der Waals surface area (Å²) in [5, 5.41) is 14.3. The number of aromatic nitrogens is 2. The van der Waals surface area contributed by atoms with Crippen molar-refractivity contribution in [2.75, 3.05) is 0 Å². The topological polar surface area (TPSA) is 54.6 Å². The number of ketones is 1. The van der Waals surface area contributed by atoms with Crippen molar-refractivity contribution in [1.29, 1.82) is 0 Å². The fraction of sp³-hybridized carbons (Fsp3) is 0.125. The molecule has 3 aromatic rings. The van der Waals surface area contributed by atoms with Crippen LogP contribution in [0.3, 0.4) is 0 Å². The maximum atomic E-state index is 12.7. The minimum Gasteiger partial charge on any atom is -0.506 e. The van der Waals surface area contributed by atoms with Crippen LogP contribution in [0.15, 0.2) is 41.0 Å². The highest BCUT2D eigenvalue weighted by molar-refractivity contribution is 9.10. The van der Waals surface area contributed by atoms with Crippen LogP contribution in [0.2, 0.25) is 0 Å². The monoisotopic (exact) mass is 344 g/mol. The summed E-state index contributed by atoms with van der Waals surface area (Å²) in [5.74, 6) is -0.294. The number of para-hydroxylation sites is 1. The quantitative estimate of drug-likeness (QED) is 0.722. The molecule has 0 aliphatic rings. The number of rotatable bonds is 2. The maximum Gasteiger partial charge on any atom is 0.200 e. The Kier molecular flexibility index (Phi) is 3.29. The molecule has 3 rings (SSSR count). The molecule has 0 amide bonds. The Labute approximate surface area is 130 Å². The number of benzene rings is 1. The molecule has 5 heteroatoms. The maximum absolute atomic E-state index is 12.7. The van der Waals surface area contributed by atoms with E-state index in [1.54, 1.807) is 28.9 Å². The van der Waals surface area contributed by atoms with Gasteiger partial charge in [-0.05, 0) is 53.5 Å². The number of hydrogen-bond acceptors (Lipinski definition) is 3. The molecule has 0 bridgehead atoms. The number of pyridine rings is 1. The van der Waals surface area contributed by atoms with Gasteiger partial charge in [0.25, 0.3) is 0 Å². The Balaban J connectivity index is 2.19. The van der Waals surface area contributed by atoms with Crippen molar-refractivity contribution in [1.82, 2.24) is 9.61 Å². The third-order valence-electron chi connectivity index (χ3n) is 3.66. The van der Waals surface area contributed by atoms with Gasteiger partial charge in [0.15, 0.2) is 0 Å². The third-order valence-corrected chi connectivity index (χ3v) is 4.30. The van der Waals surface area contributed by atoms with Crippen molar-refractivity contribution in [2.24, 2.45) is 0 Å². The zero-order valence-corrected chi connectivity index (χ0v) is 13.2. The molecule has 0 spiro atoms. The van der Waals surface area contributed by atoms with Gasteiger partial charge in [-0.2, -0.15) is 5.10 Å². The number of aryl methyl sites for hydroxylation is 2. The van der Waals surface area contributed by atoms with E-state index in [4.69, 9.17) is 0 Å². The molecule has 0 saturated carbocycles. The normalized spacial score (nSPS) is 11.0. The number of nitrogens with zero attached hydrogens (tertiary/aromatic N) is 2. The second-order valence-electron chi connectivity index (χ2n) is 4.92. The Hall–Kier alpha value is -2.14. The zero-order valence-electron chi connectivity index (χ0n) is 11.6. The van der Waals surface area contributed by atoms with Crippen molar-refractivity contribution < 1.29 is 9.90 Å². The van der Waals surface area contributed by atoms with Crippen molar-refractivity contribution in [3.63, 3.8) is 0 Å². The van der Waals surface area contributed by atoms with E-state index in [1.807, 2.05) is 26.0 Å². The molecule has 21 heavy (non-hydrogen) atoms. The lowest BCUT2D eigenvalue weighted by Crippen LogP contribution is -2.02. The van der Waals surface area contributed by atoms with Gasteiger partial charge in [-0.25, -0.2) is 4.52 Å². The molecular formula is C16H13BrN2O2. The second kappa shape index (κ2) is 5.00. The number of phenols is 1. The van der Waals surface area contributed by atoms with Gasteiger partial charge < -0.3 is 5.11 Å². The zero-order chi connectivity index (χ0) is 15.1. The number of fused-ring (bicyclic) bond motifs is 1. The first kappa shape index (κ1) is 13.8. The van der Waals surface area contributed by atoms with E-state index in [0.717, 1.165) is 16.8 Å². The van der Waals surface area contributed by atoms with Crippen LogP contribution >= 0.6 is 15.9 Å². The van der Waals surface area contributed by atoms with Crippen LogP contribution in [0.5, 0.6) is 5.75 Å². The predicted octanol–water partition coefficient (Wildman–Crippen LogP) is 3.65. The standard InChI is InChI=1S/C16H13BrN2O2/c1-9-6-7-14-12(8-18-19(14)10(9)2)15(20)11-4-3-5-13(17)16(11)21/h3-8,21H,1-2H3. The van der Waals surface area contributed by atoms with Gasteiger partial charge in [0.1, 0.15) is 5.75 Å². The molecule has 0 atom stereocenters. The number of carbonyl (C=O) groups is 1. The lowest BCUT2D eigenvalue weighted by Gasteiger charge is -2.06. The molecule has 0 fully saturated rings. The molecule has 0 aliphatic heterocycles. The first-order chi connectivity index (χ1) is 10.0. The number of phenolic OH excluding ortho intramolecular Hbond substituents is 1. The minimum absolute atomic E-state index is 0.0503. The SMILES string of the molecule is Cc1ccc2c(C(=O)c3cccc(Br)c3O)cnn2c1C. The molecular weight excluding hydrogens is 332 g/mol. The summed E-state index contributed by atoms with van der Waals surface area (Å²) in [6.45, 7) is 3.96. The summed E-state index contributed by atoms with van der Waals surface area (Å²) < 4.78 is 2.24. The molecule has 2 aromatic heterocycles. The lowest BCUT2D eigenvalue weighted by molar-refractivity contribution is 0.103. The van der Waals surface area contributed by atoms with Crippen LogP contribution in [0.4, 0.5) is 0 Å². The molecule has 106 valence electrons. The number of aromatic hydroxyl groups is 1. The molecule has 1 aromatic carbocycles. The van der Waals surface area contributed by atoms with Crippen LogP contribution in [0.1, 0.15) is 27.2 Å². The Morgan fingerprint density at radius 3 is 2.71 bits per heavy atom. The van der Waals surface area contributed by atoms with Crippen LogP contribution in [0.25, 0.3) is 5.52 Å². The average Bonchev–Trinajstić information content (AvgIpc) is 2.90. The van der Waals surface area contributed by atoms with Crippen LogP contribution in [-0.4, -0.2) is 20.5 Å². The highest BCUT2D eigenvalue weighted by atomic mass is 79.9. The lowest BCUT2D eigenvalue weighted by atomic mass is 10.0. The Bertz CT molecular complexity index is 868. The van der Waals surface area contributed by atoms with Crippen molar-refractivity contribution in [2.45, 2.75) is 13.8 Å². The molecule has 1 N–H and O–H groups in total. The van der Waals surface area contributed by atoms with E-state index >= 15 is 0 Å². The summed E-state index contributed by atoms with van der Waals surface area (Å²) in [7, 11) is 0. The van der Waals surface area contributed by atoms with E-state index < -0.39 is 0 Å². The number of halogens is 1. The highest BCUT2D eigenvalue weighted by Crippen LogP contribution is 2.30. The highest BCUT2D eigenvalue weighted by Gasteiger charge is 2.19. The van der Waals surface area contributed by atoms with E-state index in [-0.39, 0.29) is 17.1 Å². The van der Waals surface area contributed by atoms with Gasteiger partial charge in [-0.15, -0.1) is 0 Å². The van der Waals surface area contributed by atoms with E-state index in [1.165, 1.54) is 0 Å². The van der Waals surface area contributed by atoms with Crippen LogP contribution < -0.4 is 0 Å². The van der Waals surface area contributed by atoms with Crippen molar-refractivity contribution in [3.8, 4) is 5.75 Å². The van der Waals surface area contributed by atoms with Crippen LogP contribution in [-0.2, 0) is 0 Å². The molecule has 4 nitrogen and oxygen atoms in total. The summed E-state index contributed by atoms with van der Waals surface area (Å²) in [6, 6.07) is 8.85. The van der Waals surface area contributed by atoms with Gasteiger partial charge in [-0.3, -0.25) is 4.79 Å². The van der Waals surface area contributed by atoms with E-state index in [0.29, 0.717) is 10.0 Å². The van der Waals surface area contributed by atoms with E-state index in [9.17, 15) is 9.90 Å². The molecule has 2 heterocycles. The Morgan fingerprint density at radius 1 is 1.19 bits per heavy atom. The van der Waals surface area contributed by atoms with E-state index in [2.05, 4.69) is 21.0 Å². The summed E-state index contributed by atoms with van der Waals surface area (Å²) in [6.07, 6.45) is 1.55. The molecule has 0 saturated heterocycles. The van der Waals surface area contributed by atoms with Gasteiger partial charge in [0.05, 0.1) is 27.3 Å². The largest absolute Gasteiger partial charge is 0.506 e. The average molecular weight is 345 g/mol. The van der Waals surface area contributed by atoms with Gasteiger partial charge >= 0.3 is 0 Å². The summed E-state index contributed by atoms with van der Waals surface area (Å²) in [4.78, 5) is 12.7.